The molecule has 2 saturated carbocycles. The van der Waals surface area contributed by atoms with Crippen LogP contribution in [0.1, 0.15) is 33.1 Å². The van der Waals surface area contributed by atoms with Crippen molar-refractivity contribution in [1.29, 1.82) is 0 Å². The fourth-order valence-corrected chi connectivity index (χ4v) is 4.33. The maximum atomic E-state index is 11.9. The van der Waals surface area contributed by atoms with Gasteiger partial charge in [-0.3, -0.25) is 9.69 Å². The van der Waals surface area contributed by atoms with Crippen molar-refractivity contribution in [3.8, 4) is 0 Å². The largest absolute Gasteiger partial charge is 0.391 e. The van der Waals surface area contributed by atoms with Gasteiger partial charge in [0.15, 0.2) is 0 Å². The SMILES string of the molecule is CCC(C)NC(=O)CN1CC2CC3CC2C1C3O. The predicted molar refractivity (Wildman–Crippen MR) is 69.0 cm³/mol. The van der Waals surface area contributed by atoms with E-state index in [-0.39, 0.29) is 24.1 Å². The van der Waals surface area contributed by atoms with Crippen LogP contribution in [0.3, 0.4) is 0 Å². The molecule has 0 aromatic rings. The second kappa shape index (κ2) is 4.49. The Morgan fingerprint density at radius 3 is 2.89 bits per heavy atom. The highest BCUT2D eigenvalue weighted by molar-refractivity contribution is 5.78. The van der Waals surface area contributed by atoms with Crippen molar-refractivity contribution in [1.82, 2.24) is 10.2 Å². The first-order valence-corrected chi connectivity index (χ1v) is 7.31. The molecule has 3 rings (SSSR count). The topological polar surface area (TPSA) is 52.6 Å². The van der Waals surface area contributed by atoms with Crippen LogP contribution in [0.2, 0.25) is 0 Å². The van der Waals surface area contributed by atoms with E-state index in [0.29, 0.717) is 18.4 Å². The highest BCUT2D eigenvalue weighted by Gasteiger charge is 2.58. The Balaban J connectivity index is 1.60. The van der Waals surface area contributed by atoms with Gasteiger partial charge in [-0.25, -0.2) is 0 Å². The van der Waals surface area contributed by atoms with Crippen LogP contribution in [0, 0.1) is 17.8 Å². The van der Waals surface area contributed by atoms with E-state index in [4.69, 9.17) is 0 Å². The minimum absolute atomic E-state index is 0.112. The molecule has 1 amide bonds. The van der Waals surface area contributed by atoms with Gasteiger partial charge < -0.3 is 10.4 Å². The Bertz CT molecular complexity index is 345. The number of likely N-dealkylation sites (tertiary alicyclic amines) is 1. The van der Waals surface area contributed by atoms with Gasteiger partial charge in [0.25, 0.3) is 0 Å². The summed E-state index contributed by atoms with van der Waals surface area (Å²) in [5, 5.41) is 13.3. The summed E-state index contributed by atoms with van der Waals surface area (Å²) in [6, 6.07) is 0.509. The van der Waals surface area contributed by atoms with Gasteiger partial charge in [0.1, 0.15) is 0 Å². The van der Waals surface area contributed by atoms with Gasteiger partial charge in [0.05, 0.1) is 12.6 Å². The number of hydrogen-bond donors (Lipinski definition) is 2. The summed E-state index contributed by atoms with van der Waals surface area (Å²) in [5.41, 5.74) is 0. The van der Waals surface area contributed by atoms with Crippen LogP contribution in [0.15, 0.2) is 0 Å². The molecule has 3 fully saturated rings. The zero-order chi connectivity index (χ0) is 12.9. The number of fused-ring (bicyclic) bond motifs is 1. The molecule has 1 saturated heterocycles. The van der Waals surface area contributed by atoms with Crippen molar-refractivity contribution < 1.29 is 9.90 Å². The summed E-state index contributed by atoms with van der Waals surface area (Å²) in [7, 11) is 0. The van der Waals surface area contributed by atoms with E-state index < -0.39 is 0 Å². The van der Waals surface area contributed by atoms with Crippen molar-refractivity contribution in [2.75, 3.05) is 13.1 Å². The van der Waals surface area contributed by atoms with Crippen LogP contribution in [0.4, 0.5) is 0 Å². The molecule has 0 spiro atoms. The number of carbonyl (C=O) groups excluding carboxylic acids is 1. The maximum Gasteiger partial charge on any atom is 0.234 e. The number of carbonyl (C=O) groups is 1. The summed E-state index contributed by atoms with van der Waals surface area (Å²) in [5.74, 6) is 2.01. The third-order valence-electron chi connectivity index (χ3n) is 5.31. The number of nitrogens with zero attached hydrogens (tertiary/aromatic N) is 1. The molecule has 2 bridgehead atoms. The Hall–Kier alpha value is -0.610. The lowest BCUT2D eigenvalue weighted by Crippen LogP contribution is -2.46. The van der Waals surface area contributed by atoms with Crippen LogP contribution in [-0.2, 0) is 4.79 Å². The summed E-state index contributed by atoms with van der Waals surface area (Å²) in [6.45, 7) is 5.58. The molecule has 4 nitrogen and oxygen atoms in total. The van der Waals surface area contributed by atoms with Gasteiger partial charge in [-0.2, -0.15) is 0 Å². The van der Waals surface area contributed by atoms with Crippen LogP contribution in [-0.4, -0.2) is 47.2 Å². The van der Waals surface area contributed by atoms with Crippen LogP contribution >= 0.6 is 0 Å². The van der Waals surface area contributed by atoms with Crippen molar-refractivity contribution in [2.45, 2.75) is 51.3 Å². The van der Waals surface area contributed by atoms with E-state index in [9.17, 15) is 9.90 Å². The fraction of sp³-hybridized carbons (Fsp3) is 0.929. The summed E-state index contributed by atoms with van der Waals surface area (Å²) >= 11 is 0. The van der Waals surface area contributed by atoms with Gasteiger partial charge >= 0.3 is 0 Å². The van der Waals surface area contributed by atoms with E-state index >= 15 is 0 Å². The molecule has 4 heteroatoms. The Kier molecular flexibility index (Phi) is 3.10. The lowest BCUT2D eigenvalue weighted by molar-refractivity contribution is -0.123. The van der Waals surface area contributed by atoms with Gasteiger partial charge in [-0.15, -0.1) is 0 Å². The molecule has 6 unspecified atom stereocenters. The molecule has 6 atom stereocenters. The van der Waals surface area contributed by atoms with Crippen LogP contribution < -0.4 is 5.32 Å². The van der Waals surface area contributed by atoms with Gasteiger partial charge in [-0.1, -0.05) is 6.92 Å². The first-order chi connectivity index (χ1) is 8.60. The molecule has 1 heterocycles. The average Bonchev–Trinajstić information content (AvgIpc) is 2.90. The van der Waals surface area contributed by atoms with Gasteiger partial charge in [0.2, 0.25) is 5.91 Å². The second-order valence-electron chi connectivity index (χ2n) is 6.44. The summed E-state index contributed by atoms with van der Waals surface area (Å²) in [4.78, 5) is 14.2. The number of rotatable bonds is 4. The second-order valence-corrected chi connectivity index (χ2v) is 6.44. The maximum absolute atomic E-state index is 11.9. The number of aliphatic hydroxyl groups excluding tert-OH is 1. The molecular formula is C14H24N2O2. The lowest BCUT2D eigenvalue weighted by atomic mass is 9.88. The number of nitrogens with one attached hydrogen (secondary N) is 1. The Morgan fingerprint density at radius 1 is 1.44 bits per heavy atom. The van der Waals surface area contributed by atoms with E-state index in [0.717, 1.165) is 18.9 Å². The van der Waals surface area contributed by atoms with Crippen molar-refractivity contribution >= 4 is 5.91 Å². The molecule has 3 aliphatic rings. The zero-order valence-electron chi connectivity index (χ0n) is 11.3. The summed E-state index contributed by atoms with van der Waals surface area (Å²) < 4.78 is 0. The molecule has 102 valence electrons. The molecule has 1 aliphatic heterocycles. The van der Waals surface area contributed by atoms with Crippen molar-refractivity contribution in [2.24, 2.45) is 17.8 Å². The van der Waals surface area contributed by atoms with E-state index in [2.05, 4.69) is 17.1 Å². The highest BCUT2D eigenvalue weighted by Crippen LogP contribution is 2.54. The van der Waals surface area contributed by atoms with Crippen molar-refractivity contribution in [3.05, 3.63) is 0 Å². The molecule has 0 aromatic heterocycles. The Morgan fingerprint density at radius 2 is 2.22 bits per heavy atom. The van der Waals surface area contributed by atoms with E-state index in [1.54, 1.807) is 0 Å². The van der Waals surface area contributed by atoms with E-state index in [1.165, 1.54) is 12.8 Å². The first-order valence-electron chi connectivity index (χ1n) is 7.31. The zero-order valence-corrected chi connectivity index (χ0v) is 11.3. The fourth-order valence-electron chi connectivity index (χ4n) is 4.33. The van der Waals surface area contributed by atoms with Gasteiger partial charge in [0, 0.05) is 18.6 Å². The summed E-state index contributed by atoms with van der Waals surface area (Å²) in [6.07, 6.45) is 3.13. The van der Waals surface area contributed by atoms with Crippen LogP contribution in [0.25, 0.3) is 0 Å². The standard InChI is InChI=1S/C14H24N2O2/c1-3-8(2)15-12(17)7-16-6-10-4-9-5-11(10)13(16)14(9)18/h8-11,13-14,18H,3-7H2,1-2H3,(H,15,17). The molecule has 0 radical (unpaired) electrons. The quantitative estimate of drug-likeness (QED) is 0.770. The average molecular weight is 252 g/mol. The van der Waals surface area contributed by atoms with Gasteiger partial charge in [-0.05, 0) is 43.9 Å². The Labute approximate surface area is 109 Å². The third-order valence-corrected chi connectivity index (χ3v) is 5.31. The van der Waals surface area contributed by atoms with Crippen molar-refractivity contribution in [3.63, 3.8) is 0 Å². The first kappa shape index (κ1) is 12.4. The van der Waals surface area contributed by atoms with E-state index in [1.807, 2.05) is 6.92 Å². The molecule has 2 aliphatic carbocycles. The lowest BCUT2D eigenvalue weighted by Gasteiger charge is -2.28. The molecule has 0 aromatic carbocycles. The highest BCUT2D eigenvalue weighted by atomic mass is 16.3. The number of hydrogen-bond acceptors (Lipinski definition) is 3. The smallest absolute Gasteiger partial charge is 0.234 e. The predicted octanol–water partition coefficient (Wildman–Crippen LogP) is 0.602. The molecular weight excluding hydrogens is 228 g/mol. The monoisotopic (exact) mass is 252 g/mol. The third kappa shape index (κ3) is 1.86. The number of amides is 1. The molecule has 2 N–H and O–H groups in total. The molecule has 18 heavy (non-hydrogen) atoms. The van der Waals surface area contributed by atoms with Crippen LogP contribution in [0.5, 0.6) is 0 Å². The normalized spacial score (nSPS) is 43.4. The number of aliphatic hydroxyl groups is 1. The minimum atomic E-state index is -0.190. The minimum Gasteiger partial charge on any atom is -0.391 e.